The monoisotopic (exact) mass is 316 g/mol. The minimum atomic E-state index is -0.000381. The summed E-state index contributed by atoms with van der Waals surface area (Å²) in [6.45, 7) is 2.62. The van der Waals surface area contributed by atoms with Crippen molar-refractivity contribution in [3.05, 3.63) is 83.0 Å². The molecule has 0 bridgehead atoms. The first kappa shape index (κ1) is 15.4. The van der Waals surface area contributed by atoms with Crippen LogP contribution in [0.1, 0.15) is 42.9 Å². The summed E-state index contributed by atoms with van der Waals surface area (Å²) in [5.74, 6) is 0. The fourth-order valence-corrected chi connectivity index (χ4v) is 4.43. The van der Waals surface area contributed by atoms with Crippen molar-refractivity contribution in [2.75, 3.05) is 6.61 Å². The molecule has 2 aromatic carbocycles. The summed E-state index contributed by atoms with van der Waals surface area (Å²) < 4.78 is 0. The van der Waals surface area contributed by atoms with E-state index in [9.17, 15) is 5.11 Å². The number of allylic oxidation sites excluding steroid dienone is 4. The lowest BCUT2D eigenvalue weighted by atomic mass is 9.70. The van der Waals surface area contributed by atoms with Crippen LogP contribution in [0.4, 0.5) is 0 Å². The highest BCUT2D eigenvalue weighted by Gasteiger charge is 2.35. The SMILES string of the molecule is CC(CCCO)(C1=CC=CC1)c1cccc2c1Cc1ccccc1-2. The van der Waals surface area contributed by atoms with Crippen LogP contribution in [0, 0.1) is 0 Å². The predicted molar refractivity (Wildman–Crippen MR) is 100 cm³/mol. The summed E-state index contributed by atoms with van der Waals surface area (Å²) in [6.07, 6.45) is 10.6. The van der Waals surface area contributed by atoms with Crippen molar-refractivity contribution in [3.8, 4) is 11.1 Å². The first-order valence-corrected chi connectivity index (χ1v) is 8.92. The number of aliphatic hydroxyl groups excluding tert-OH is 1. The largest absolute Gasteiger partial charge is 0.396 e. The Morgan fingerprint density at radius 1 is 1.04 bits per heavy atom. The molecule has 0 amide bonds. The van der Waals surface area contributed by atoms with Crippen molar-refractivity contribution >= 4 is 0 Å². The topological polar surface area (TPSA) is 20.2 Å². The molecular formula is C23H24O. The molecule has 2 aliphatic carbocycles. The van der Waals surface area contributed by atoms with E-state index in [0.717, 1.165) is 25.7 Å². The molecule has 2 aromatic rings. The second-order valence-electron chi connectivity index (χ2n) is 7.15. The highest BCUT2D eigenvalue weighted by atomic mass is 16.2. The Labute approximate surface area is 144 Å². The molecule has 0 aromatic heterocycles. The Hall–Kier alpha value is -2.12. The molecule has 2 aliphatic rings. The Morgan fingerprint density at radius 3 is 2.67 bits per heavy atom. The lowest BCUT2D eigenvalue weighted by Crippen LogP contribution is -2.26. The van der Waals surface area contributed by atoms with Gasteiger partial charge in [-0.3, -0.25) is 0 Å². The minimum Gasteiger partial charge on any atom is -0.396 e. The Morgan fingerprint density at radius 2 is 1.88 bits per heavy atom. The van der Waals surface area contributed by atoms with E-state index >= 15 is 0 Å². The van der Waals surface area contributed by atoms with Crippen LogP contribution in [0.3, 0.4) is 0 Å². The fraction of sp³-hybridized carbons (Fsp3) is 0.304. The van der Waals surface area contributed by atoms with Crippen molar-refractivity contribution in [1.29, 1.82) is 0 Å². The van der Waals surface area contributed by atoms with Gasteiger partial charge in [0.25, 0.3) is 0 Å². The average Bonchev–Trinajstić information content (AvgIpc) is 3.27. The van der Waals surface area contributed by atoms with Gasteiger partial charge < -0.3 is 5.11 Å². The summed E-state index contributed by atoms with van der Waals surface area (Å²) >= 11 is 0. The van der Waals surface area contributed by atoms with Gasteiger partial charge in [0.15, 0.2) is 0 Å². The molecule has 0 fully saturated rings. The third kappa shape index (κ3) is 2.35. The highest BCUT2D eigenvalue weighted by Crippen LogP contribution is 2.47. The van der Waals surface area contributed by atoms with Gasteiger partial charge in [0.05, 0.1) is 0 Å². The smallest absolute Gasteiger partial charge is 0.0431 e. The van der Waals surface area contributed by atoms with Crippen LogP contribution in [-0.4, -0.2) is 11.7 Å². The molecule has 0 aliphatic heterocycles. The van der Waals surface area contributed by atoms with Crippen LogP contribution in [0.15, 0.2) is 66.3 Å². The second-order valence-corrected chi connectivity index (χ2v) is 7.15. The van der Waals surface area contributed by atoms with Gasteiger partial charge in [-0.2, -0.15) is 0 Å². The van der Waals surface area contributed by atoms with E-state index in [0.29, 0.717) is 0 Å². The number of aliphatic hydroxyl groups is 1. The molecule has 1 atom stereocenters. The van der Waals surface area contributed by atoms with Crippen LogP contribution in [0.5, 0.6) is 0 Å². The first-order chi connectivity index (χ1) is 11.7. The lowest BCUT2D eigenvalue weighted by Gasteiger charge is -2.34. The third-order valence-corrected chi connectivity index (χ3v) is 5.76. The van der Waals surface area contributed by atoms with E-state index in [2.05, 4.69) is 67.6 Å². The molecular weight excluding hydrogens is 292 g/mol. The van der Waals surface area contributed by atoms with E-state index < -0.39 is 0 Å². The van der Waals surface area contributed by atoms with Crippen molar-refractivity contribution in [2.24, 2.45) is 0 Å². The molecule has 122 valence electrons. The number of hydrogen-bond acceptors (Lipinski definition) is 1. The second kappa shape index (κ2) is 6.07. The minimum absolute atomic E-state index is 0.000381. The maximum atomic E-state index is 9.42. The Balaban J connectivity index is 1.83. The number of benzene rings is 2. The van der Waals surface area contributed by atoms with Crippen LogP contribution < -0.4 is 0 Å². The van der Waals surface area contributed by atoms with E-state index in [4.69, 9.17) is 0 Å². The summed E-state index contributed by atoms with van der Waals surface area (Å²) in [5, 5.41) is 9.42. The number of fused-ring (bicyclic) bond motifs is 3. The maximum Gasteiger partial charge on any atom is 0.0431 e. The standard InChI is InChI=1S/C23H24O/c1-23(14-7-15-24,18-9-3-4-10-18)22-13-6-12-20-19-11-5-2-8-17(19)16-21(20)22/h2-6,8-9,11-13,24H,7,10,14-16H2,1H3. The van der Waals surface area contributed by atoms with Gasteiger partial charge >= 0.3 is 0 Å². The van der Waals surface area contributed by atoms with Gasteiger partial charge in [-0.15, -0.1) is 0 Å². The third-order valence-electron chi connectivity index (χ3n) is 5.76. The van der Waals surface area contributed by atoms with Crippen molar-refractivity contribution in [1.82, 2.24) is 0 Å². The van der Waals surface area contributed by atoms with Gasteiger partial charge in [0.1, 0.15) is 0 Å². The Kier molecular flexibility index (Phi) is 3.90. The summed E-state index contributed by atoms with van der Waals surface area (Å²) in [7, 11) is 0. The highest BCUT2D eigenvalue weighted by molar-refractivity contribution is 5.78. The van der Waals surface area contributed by atoms with E-state index in [-0.39, 0.29) is 12.0 Å². The summed E-state index contributed by atoms with van der Waals surface area (Å²) in [4.78, 5) is 0. The van der Waals surface area contributed by atoms with Crippen LogP contribution in [0.2, 0.25) is 0 Å². The van der Waals surface area contributed by atoms with Crippen LogP contribution >= 0.6 is 0 Å². The van der Waals surface area contributed by atoms with Crippen LogP contribution in [0.25, 0.3) is 11.1 Å². The van der Waals surface area contributed by atoms with E-state index in [1.54, 1.807) is 0 Å². The summed E-state index contributed by atoms with van der Waals surface area (Å²) in [5.41, 5.74) is 8.61. The zero-order valence-electron chi connectivity index (χ0n) is 14.3. The van der Waals surface area contributed by atoms with Gasteiger partial charge in [0, 0.05) is 12.0 Å². The Bertz CT molecular complexity index is 828. The molecule has 1 N–H and O–H groups in total. The van der Waals surface area contributed by atoms with E-state index in [1.807, 2.05) is 0 Å². The molecule has 1 unspecified atom stereocenters. The molecule has 0 radical (unpaired) electrons. The average molecular weight is 316 g/mol. The van der Waals surface area contributed by atoms with Crippen molar-refractivity contribution in [2.45, 2.75) is 38.0 Å². The molecule has 1 heteroatoms. The maximum absolute atomic E-state index is 9.42. The van der Waals surface area contributed by atoms with Gasteiger partial charge in [-0.25, -0.2) is 0 Å². The molecule has 24 heavy (non-hydrogen) atoms. The molecule has 0 heterocycles. The van der Waals surface area contributed by atoms with Gasteiger partial charge in [-0.1, -0.05) is 73.2 Å². The van der Waals surface area contributed by atoms with Crippen molar-refractivity contribution < 1.29 is 5.11 Å². The van der Waals surface area contributed by atoms with Gasteiger partial charge in [0.2, 0.25) is 0 Å². The van der Waals surface area contributed by atoms with Crippen LogP contribution in [-0.2, 0) is 11.8 Å². The molecule has 1 nitrogen and oxygen atoms in total. The number of hydrogen-bond donors (Lipinski definition) is 1. The summed E-state index contributed by atoms with van der Waals surface area (Å²) in [6, 6.07) is 15.5. The number of rotatable bonds is 5. The fourth-order valence-electron chi connectivity index (χ4n) is 4.43. The first-order valence-electron chi connectivity index (χ1n) is 8.92. The molecule has 0 spiro atoms. The zero-order valence-corrected chi connectivity index (χ0v) is 14.3. The van der Waals surface area contributed by atoms with Crippen molar-refractivity contribution in [3.63, 3.8) is 0 Å². The van der Waals surface area contributed by atoms with Gasteiger partial charge in [-0.05, 0) is 53.5 Å². The van der Waals surface area contributed by atoms with E-state index in [1.165, 1.54) is 33.4 Å². The zero-order chi connectivity index (χ0) is 16.6. The predicted octanol–water partition coefficient (Wildman–Crippen LogP) is 5.17. The molecule has 0 saturated heterocycles. The lowest BCUT2D eigenvalue weighted by molar-refractivity contribution is 0.271. The quantitative estimate of drug-likeness (QED) is 0.688. The molecule has 4 rings (SSSR count). The molecule has 0 saturated carbocycles. The normalized spacial score (nSPS) is 17.3.